The van der Waals surface area contributed by atoms with Gasteiger partial charge in [0, 0.05) is 12.1 Å². The zero-order chi connectivity index (χ0) is 14.5. The Morgan fingerprint density at radius 3 is 2.75 bits per heavy atom. The first-order valence-corrected chi connectivity index (χ1v) is 6.87. The van der Waals surface area contributed by atoms with Gasteiger partial charge in [-0.15, -0.1) is 0 Å². The van der Waals surface area contributed by atoms with Crippen molar-refractivity contribution in [3.63, 3.8) is 0 Å². The van der Waals surface area contributed by atoms with Gasteiger partial charge in [0.25, 0.3) is 5.91 Å². The van der Waals surface area contributed by atoms with Crippen molar-refractivity contribution < 1.29 is 14.3 Å². The number of benzene rings is 2. The summed E-state index contributed by atoms with van der Waals surface area (Å²) in [6, 6.07) is 10.9. The topological polar surface area (TPSA) is 49.3 Å². The van der Waals surface area contributed by atoms with E-state index in [-0.39, 0.29) is 17.5 Å². The molecular weight excluding hydrogens is 325 g/mol. The van der Waals surface area contributed by atoms with E-state index in [2.05, 4.69) is 21.2 Å². The van der Waals surface area contributed by atoms with Crippen molar-refractivity contribution in [1.29, 1.82) is 0 Å². The molecule has 0 spiro atoms. The largest absolute Gasteiger partial charge is 0.507 e. The van der Waals surface area contributed by atoms with Gasteiger partial charge in [-0.2, -0.15) is 0 Å². The van der Waals surface area contributed by atoms with Crippen LogP contribution in [-0.2, 0) is 6.42 Å². The van der Waals surface area contributed by atoms with Crippen LogP contribution in [0.4, 0.5) is 4.39 Å². The molecule has 0 bridgehead atoms. The molecule has 1 amide bonds. The second-order valence-corrected chi connectivity index (χ2v) is 5.16. The van der Waals surface area contributed by atoms with E-state index in [9.17, 15) is 14.3 Å². The average molecular weight is 338 g/mol. The molecule has 2 aromatic rings. The highest BCUT2D eigenvalue weighted by Crippen LogP contribution is 2.24. The van der Waals surface area contributed by atoms with E-state index >= 15 is 0 Å². The Balaban J connectivity index is 1.90. The van der Waals surface area contributed by atoms with Crippen LogP contribution in [0.1, 0.15) is 15.9 Å². The molecule has 0 saturated carbocycles. The molecule has 0 fully saturated rings. The Morgan fingerprint density at radius 2 is 2.05 bits per heavy atom. The molecule has 0 saturated heterocycles. The van der Waals surface area contributed by atoms with Crippen LogP contribution < -0.4 is 5.32 Å². The van der Waals surface area contributed by atoms with Crippen LogP contribution in [0.2, 0.25) is 0 Å². The number of phenolic OH excluding ortho intramolecular Hbond substituents is 1. The predicted octanol–water partition coefficient (Wildman–Crippen LogP) is 3.27. The molecule has 0 aliphatic carbocycles. The zero-order valence-corrected chi connectivity index (χ0v) is 12.2. The van der Waals surface area contributed by atoms with E-state index in [1.54, 1.807) is 24.3 Å². The lowest BCUT2D eigenvalue weighted by Gasteiger charge is -2.06. The van der Waals surface area contributed by atoms with Crippen LogP contribution in [0.3, 0.4) is 0 Å². The lowest BCUT2D eigenvalue weighted by molar-refractivity contribution is 0.0953. The Labute approximate surface area is 124 Å². The second kappa shape index (κ2) is 6.52. The highest BCUT2D eigenvalue weighted by Gasteiger charge is 2.07. The van der Waals surface area contributed by atoms with Crippen molar-refractivity contribution in [1.82, 2.24) is 5.32 Å². The van der Waals surface area contributed by atoms with Crippen LogP contribution in [0.15, 0.2) is 46.9 Å². The zero-order valence-electron chi connectivity index (χ0n) is 10.6. The maximum absolute atomic E-state index is 13.0. The quantitative estimate of drug-likeness (QED) is 0.899. The van der Waals surface area contributed by atoms with Crippen LogP contribution in [0, 0.1) is 5.82 Å². The number of hydrogen-bond donors (Lipinski definition) is 2. The summed E-state index contributed by atoms with van der Waals surface area (Å²) in [4.78, 5) is 11.9. The molecule has 5 heteroatoms. The Bertz CT molecular complexity index is 631. The van der Waals surface area contributed by atoms with Crippen molar-refractivity contribution in [3.05, 3.63) is 63.9 Å². The van der Waals surface area contributed by atoms with Crippen molar-refractivity contribution in [2.24, 2.45) is 0 Å². The molecule has 0 aliphatic heterocycles. The lowest BCUT2D eigenvalue weighted by atomic mass is 10.1. The number of nitrogens with one attached hydrogen (secondary N) is 1. The van der Waals surface area contributed by atoms with E-state index in [0.717, 1.165) is 5.56 Å². The Morgan fingerprint density at radius 1 is 1.25 bits per heavy atom. The highest BCUT2D eigenvalue weighted by atomic mass is 79.9. The van der Waals surface area contributed by atoms with Crippen LogP contribution in [0.5, 0.6) is 5.75 Å². The average Bonchev–Trinajstić information content (AvgIpc) is 2.42. The van der Waals surface area contributed by atoms with E-state index in [1.165, 1.54) is 18.2 Å². The first-order valence-electron chi connectivity index (χ1n) is 6.07. The molecule has 20 heavy (non-hydrogen) atoms. The molecule has 0 aliphatic rings. The summed E-state index contributed by atoms with van der Waals surface area (Å²) in [5.74, 6) is -0.543. The van der Waals surface area contributed by atoms with Gasteiger partial charge in [0.2, 0.25) is 0 Å². The summed E-state index contributed by atoms with van der Waals surface area (Å²) >= 11 is 3.15. The molecular formula is C15H13BrFNO2. The first-order chi connectivity index (χ1) is 9.56. The van der Waals surface area contributed by atoms with Crippen molar-refractivity contribution in [3.8, 4) is 5.75 Å². The third-order valence-electron chi connectivity index (χ3n) is 2.80. The van der Waals surface area contributed by atoms with Gasteiger partial charge in [0.05, 0.1) is 4.47 Å². The molecule has 104 valence electrons. The number of rotatable bonds is 4. The van der Waals surface area contributed by atoms with Gasteiger partial charge in [0.15, 0.2) is 0 Å². The minimum atomic E-state index is -0.286. The minimum Gasteiger partial charge on any atom is -0.507 e. The van der Waals surface area contributed by atoms with Gasteiger partial charge in [-0.3, -0.25) is 4.79 Å². The summed E-state index contributed by atoms with van der Waals surface area (Å²) in [7, 11) is 0. The monoisotopic (exact) mass is 337 g/mol. The highest BCUT2D eigenvalue weighted by molar-refractivity contribution is 9.10. The number of aromatic hydroxyl groups is 1. The number of phenols is 1. The Kier molecular flexibility index (Phi) is 4.74. The fourth-order valence-corrected chi connectivity index (χ4v) is 2.02. The third kappa shape index (κ3) is 3.81. The second-order valence-electron chi connectivity index (χ2n) is 4.30. The Hall–Kier alpha value is -1.88. The summed E-state index contributed by atoms with van der Waals surface area (Å²) in [6.07, 6.45) is 0.548. The number of hydrogen-bond acceptors (Lipinski definition) is 2. The number of halogens is 2. The van der Waals surface area contributed by atoms with Crippen LogP contribution >= 0.6 is 15.9 Å². The summed E-state index contributed by atoms with van der Waals surface area (Å²) in [5.41, 5.74) is 1.20. The van der Waals surface area contributed by atoms with E-state index < -0.39 is 0 Å². The summed E-state index contributed by atoms with van der Waals surface area (Å²) in [6.45, 7) is 0.402. The summed E-state index contributed by atoms with van der Waals surface area (Å²) < 4.78 is 13.5. The first kappa shape index (κ1) is 14.5. The molecule has 2 N–H and O–H groups in total. The van der Waals surface area contributed by atoms with Gasteiger partial charge in [-0.05, 0) is 58.2 Å². The van der Waals surface area contributed by atoms with Gasteiger partial charge in [-0.25, -0.2) is 4.39 Å². The molecule has 0 atom stereocenters. The van der Waals surface area contributed by atoms with Crippen molar-refractivity contribution in [2.45, 2.75) is 6.42 Å². The van der Waals surface area contributed by atoms with Crippen molar-refractivity contribution >= 4 is 21.8 Å². The fourth-order valence-electron chi connectivity index (χ4n) is 1.77. The number of carbonyl (C=O) groups excluding carboxylic acids is 1. The predicted molar refractivity (Wildman–Crippen MR) is 78.2 cm³/mol. The van der Waals surface area contributed by atoms with E-state index in [1.807, 2.05) is 0 Å². The van der Waals surface area contributed by atoms with E-state index in [0.29, 0.717) is 23.0 Å². The standard InChI is InChI=1S/C15H13BrFNO2/c16-13-5-4-11(9-14(13)19)15(20)18-7-6-10-2-1-3-12(17)8-10/h1-5,8-9,19H,6-7H2,(H,18,20). The smallest absolute Gasteiger partial charge is 0.251 e. The molecule has 3 nitrogen and oxygen atoms in total. The third-order valence-corrected chi connectivity index (χ3v) is 3.47. The maximum Gasteiger partial charge on any atom is 0.251 e. The molecule has 0 heterocycles. The van der Waals surface area contributed by atoms with Gasteiger partial charge < -0.3 is 10.4 Å². The molecule has 0 aromatic heterocycles. The molecule has 2 aromatic carbocycles. The summed E-state index contributed by atoms with van der Waals surface area (Å²) in [5, 5.41) is 12.2. The number of carbonyl (C=O) groups is 1. The minimum absolute atomic E-state index is 0.0165. The van der Waals surface area contributed by atoms with Gasteiger partial charge in [-0.1, -0.05) is 12.1 Å². The van der Waals surface area contributed by atoms with Gasteiger partial charge >= 0.3 is 0 Å². The van der Waals surface area contributed by atoms with Crippen LogP contribution in [0.25, 0.3) is 0 Å². The molecule has 2 rings (SSSR count). The van der Waals surface area contributed by atoms with E-state index in [4.69, 9.17) is 0 Å². The van der Waals surface area contributed by atoms with Crippen LogP contribution in [-0.4, -0.2) is 17.6 Å². The molecule has 0 radical (unpaired) electrons. The van der Waals surface area contributed by atoms with Crippen molar-refractivity contribution in [2.75, 3.05) is 6.54 Å². The fraction of sp³-hybridized carbons (Fsp3) is 0.133. The lowest BCUT2D eigenvalue weighted by Crippen LogP contribution is -2.25. The normalized spacial score (nSPS) is 10.3. The van der Waals surface area contributed by atoms with Gasteiger partial charge in [0.1, 0.15) is 11.6 Å². The maximum atomic E-state index is 13.0. The molecule has 0 unspecified atom stereocenters. The number of amides is 1. The SMILES string of the molecule is O=C(NCCc1cccc(F)c1)c1ccc(Br)c(O)c1.